The Morgan fingerprint density at radius 3 is 2.39 bits per heavy atom. The zero-order valence-electron chi connectivity index (χ0n) is 10.8. The van der Waals surface area contributed by atoms with Gasteiger partial charge in [0.1, 0.15) is 5.82 Å². The van der Waals surface area contributed by atoms with Gasteiger partial charge in [-0.2, -0.15) is 0 Å². The number of rotatable bonds is 4. The van der Waals surface area contributed by atoms with Gasteiger partial charge in [-0.1, -0.05) is 20.8 Å². The molecule has 1 rings (SSSR count). The molecule has 0 aliphatic carbocycles. The summed E-state index contributed by atoms with van der Waals surface area (Å²) >= 11 is 0. The second-order valence-corrected chi connectivity index (χ2v) is 5.28. The van der Waals surface area contributed by atoms with Crippen molar-refractivity contribution in [3.8, 4) is 0 Å². The van der Waals surface area contributed by atoms with E-state index in [0.717, 1.165) is 0 Å². The lowest BCUT2D eigenvalue weighted by molar-refractivity contribution is -0.136. The first-order valence-corrected chi connectivity index (χ1v) is 5.77. The van der Waals surface area contributed by atoms with E-state index in [-0.39, 0.29) is 24.2 Å². The molecule has 0 bridgehead atoms. The number of aliphatic carboxylic acids is 1. The number of hydrogen-bond donors (Lipinski definition) is 1. The molecule has 0 fully saturated rings. The molecule has 18 heavy (non-hydrogen) atoms. The Hall–Kier alpha value is -1.71. The van der Waals surface area contributed by atoms with Crippen molar-refractivity contribution in [3.05, 3.63) is 35.1 Å². The number of carbonyl (C=O) groups is 2. The fourth-order valence-electron chi connectivity index (χ4n) is 1.58. The standard InChI is InChI=1S/C14H17FO3/c1-14(2,3)13(18)10-4-6-11(15)9(8-10)5-7-12(16)17/h4,6,8H,5,7H2,1-3H3,(H,16,17). The van der Waals surface area contributed by atoms with E-state index in [1.807, 2.05) is 0 Å². The number of ketones is 1. The van der Waals surface area contributed by atoms with Crippen molar-refractivity contribution >= 4 is 11.8 Å². The number of hydrogen-bond acceptors (Lipinski definition) is 2. The van der Waals surface area contributed by atoms with Gasteiger partial charge < -0.3 is 5.11 Å². The highest BCUT2D eigenvalue weighted by atomic mass is 19.1. The number of carbonyl (C=O) groups excluding carboxylic acids is 1. The van der Waals surface area contributed by atoms with Crippen LogP contribution in [0.25, 0.3) is 0 Å². The van der Waals surface area contributed by atoms with Crippen LogP contribution in [-0.4, -0.2) is 16.9 Å². The molecular weight excluding hydrogens is 235 g/mol. The highest BCUT2D eigenvalue weighted by Gasteiger charge is 2.23. The number of carboxylic acids is 1. The largest absolute Gasteiger partial charge is 0.481 e. The van der Waals surface area contributed by atoms with Crippen LogP contribution >= 0.6 is 0 Å². The van der Waals surface area contributed by atoms with E-state index in [0.29, 0.717) is 5.56 Å². The molecule has 0 spiro atoms. The Morgan fingerprint density at radius 2 is 1.89 bits per heavy atom. The Balaban J connectivity index is 3.00. The molecule has 1 aromatic carbocycles. The molecule has 0 atom stereocenters. The molecule has 3 nitrogen and oxygen atoms in total. The number of benzene rings is 1. The Labute approximate surface area is 106 Å². The summed E-state index contributed by atoms with van der Waals surface area (Å²) in [6, 6.07) is 4.11. The molecule has 1 aromatic rings. The van der Waals surface area contributed by atoms with E-state index >= 15 is 0 Å². The van der Waals surface area contributed by atoms with Crippen molar-refractivity contribution in [2.24, 2.45) is 5.41 Å². The van der Waals surface area contributed by atoms with Crippen molar-refractivity contribution in [2.45, 2.75) is 33.6 Å². The molecule has 0 saturated heterocycles. The van der Waals surface area contributed by atoms with Gasteiger partial charge in [-0.05, 0) is 30.2 Å². The predicted molar refractivity (Wildman–Crippen MR) is 66.1 cm³/mol. The molecular formula is C14H17FO3. The van der Waals surface area contributed by atoms with Gasteiger partial charge in [-0.3, -0.25) is 9.59 Å². The monoisotopic (exact) mass is 252 g/mol. The second kappa shape index (κ2) is 5.29. The summed E-state index contributed by atoms with van der Waals surface area (Å²) in [5.41, 5.74) is 0.152. The molecule has 0 aliphatic heterocycles. The third kappa shape index (κ3) is 3.65. The zero-order valence-corrected chi connectivity index (χ0v) is 10.8. The van der Waals surface area contributed by atoms with Crippen molar-refractivity contribution in [1.82, 2.24) is 0 Å². The number of halogens is 1. The summed E-state index contributed by atoms with van der Waals surface area (Å²) in [6.45, 7) is 5.36. The normalized spacial score (nSPS) is 11.3. The molecule has 98 valence electrons. The fraction of sp³-hybridized carbons (Fsp3) is 0.429. The van der Waals surface area contributed by atoms with Crippen LogP contribution in [0.15, 0.2) is 18.2 Å². The summed E-state index contributed by atoms with van der Waals surface area (Å²) in [6.07, 6.45) is -0.0590. The first-order chi connectivity index (χ1) is 8.21. The number of aryl methyl sites for hydroxylation is 1. The molecule has 0 radical (unpaired) electrons. The van der Waals surface area contributed by atoms with Crippen LogP contribution < -0.4 is 0 Å². The molecule has 4 heteroatoms. The van der Waals surface area contributed by atoms with Crippen molar-refractivity contribution in [2.75, 3.05) is 0 Å². The summed E-state index contributed by atoms with van der Waals surface area (Å²) in [5, 5.41) is 8.58. The summed E-state index contributed by atoms with van der Waals surface area (Å²) in [5.74, 6) is -1.54. The smallest absolute Gasteiger partial charge is 0.303 e. The van der Waals surface area contributed by atoms with Gasteiger partial charge in [0.15, 0.2) is 5.78 Å². The van der Waals surface area contributed by atoms with E-state index in [9.17, 15) is 14.0 Å². The van der Waals surface area contributed by atoms with Crippen LogP contribution in [0.2, 0.25) is 0 Å². The van der Waals surface area contributed by atoms with Crippen LogP contribution in [0.1, 0.15) is 43.1 Å². The molecule has 0 aliphatic rings. The lowest BCUT2D eigenvalue weighted by Crippen LogP contribution is -2.20. The van der Waals surface area contributed by atoms with Crippen molar-refractivity contribution in [1.29, 1.82) is 0 Å². The molecule has 0 amide bonds. The molecule has 1 N–H and O–H groups in total. The topological polar surface area (TPSA) is 54.4 Å². The average Bonchev–Trinajstić information content (AvgIpc) is 2.25. The first kappa shape index (κ1) is 14.4. The average molecular weight is 252 g/mol. The molecule has 0 saturated carbocycles. The van der Waals surface area contributed by atoms with E-state index < -0.39 is 17.2 Å². The quantitative estimate of drug-likeness (QED) is 0.838. The van der Waals surface area contributed by atoms with Crippen LogP contribution in [0.4, 0.5) is 4.39 Å². The summed E-state index contributed by atoms with van der Waals surface area (Å²) in [7, 11) is 0. The Bertz CT molecular complexity index is 472. The highest BCUT2D eigenvalue weighted by molar-refractivity contribution is 5.99. The minimum Gasteiger partial charge on any atom is -0.481 e. The van der Waals surface area contributed by atoms with Crippen LogP contribution in [0.3, 0.4) is 0 Å². The van der Waals surface area contributed by atoms with E-state index in [1.54, 1.807) is 20.8 Å². The first-order valence-electron chi connectivity index (χ1n) is 5.77. The highest BCUT2D eigenvalue weighted by Crippen LogP contribution is 2.22. The van der Waals surface area contributed by atoms with E-state index in [1.165, 1.54) is 18.2 Å². The molecule has 0 aromatic heterocycles. The molecule has 0 heterocycles. The fourth-order valence-corrected chi connectivity index (χ4v) is 1.58. The third-order valence-corrected chi connectivity index (χ3v) is 2.60. The minimum absolute atomic E-state index is 0.0842. The predicted octanol–water partition coefficient (Wildman–Crippen LogP) is 3.07. The van der Waals surface area contributed by atoms with Gasteiger partial charge in [0.05, 0.1) is 0 Å². The van der Waals surface area contributed by atoms with E-state index in [2.05, 4.69) is 0 Å². The second-order valence-electron chi connectivity index (χ2n) is 5.28. The van der Waals surface area contributed by atoms with Gasteiger partial charge in [-0.15, -0.1) is 0 Å². The van der Waals surface area contributed by atoms with Crippen molar-refractivity contribution < 1.29 is 19.1 Å². The SMILES string of the molecule is CC(C)(C)C(=O)c1ccc(F)c(CCC(=O)O)c1. The zero-order chi connectivity index (χ0) is 13.9. The summed E-state index contributed by atoms with van der Waals surface area (Å²) in [4.78, 5) is 22.5. The van der Waals surface area contributed by atoms with Gasteiger partial charge in [0, 0.05) is 17.4 Å². The molecule has 0 unspecified atom stereocenters. The van der Waals surface area contributed by atoms with Crippen LogP contribution in [0.5, 0.6) is 0 Å². The van der Waals surface area contributed by atoms with Gasteiger partial charge in [-0.25, -0.2) is 4.39 Å². The van der Waals surface area contributed by atoms with E-state index in [4.69, 9.17) is 5.11 Å². The number of Topliss-reactive ketones (excluding diaryl/α,β-unsaturated/α-hetero) is 1. The Morgan fingerprint density at radius 1 is 1.28 bits per heavy atom. The lowest BCUT2D eigenvalue weighted by Gasteiger charge is -2.17. The maximum atomic E-state index is 13.5. The van der Waals surface area contributed by atoms with Crippen molar-refractivity contribution in [3.63, 3.8) is 0 Å². The minimum atomic E-state index is -0.984. The van der Waals surface area contributed by atoms with Gasteiger partial charge in [0.25, 0.3) is 0 Å². The lowest BCUT2D eigenvalue weighted by atomic mass is 9.86. The van der Waals surface area contributed by atoms with Crippen LogP contribution in [-0.2, 0) is 11.2 Å². The maximum Gasteiger partial charge on any atom is 0.303 e. The maximum absolute atomic E-state index is 13.5. The Kier molecular flexibility index (Phi) is 4.22. The number of carboxylic acid groups (broad SMARTS) is 1. The van der Waals surface area contributed by atoms with Crippen LogP contribution in [0, 0.1) is 11.2 Å². The van der Waals surface area contributed by atoms with Gasteiger partial charge in [0.2, 0.25) is 0 Å². The van der Waals surface area contributed by atoms with Gasteiger partial charge >= 0.3 is 5.97 Å². The third-order valence-electron chi connectivity index (χ3n) is 2.60. The summed E-state index contributed by atoms with van der Waals surface area (Å²) < 4.78 is 13.5.